The molecule has 0 aliphatic heterocycles. The van der Waals surface area contributed by atoms with Gasteiger partial charge in [-0.05, 0) is 37.1 Å². The van der Waals surface area contributed by atoms with Crippen LogP contribution in [0.2, 0.25) is 5.02 Å². The predicted molar refractivity (Wildman–Crippen MR) is 123 cm³/mol. The van der Waals surface area contributed by atoms with Crippen molar-refractivity contribution in [1.29, 1.82) is 0 Å². The van der Waals surface area contributed by atoms with E-state index >= 15 is 0 Å². The highest BCUT2D eigenvalue weighted by Gasteiger charge is 2.30. The van der Waals surface area contributed by atoms with Crippen LogP contribution in [0.25, 0.3) is 0 Å². The molecule has 3 aromatic carbocycles. The maximum absolute atomic E-state index is 13.9. The molecule has 3 aromatic rings. The van der Waals surface area contributed by atoms with Gasteiger partial charge in [-0.3, -0.25) is 14.4 Å². The lowest BCUT2D eigenvalue weighted by Gasteiger charge is -2.21. The van der Waals surface area contributed by atoms with Gasteiger partial charge in [0.2, 0.25) is 0 Å². The number of phenols is 1. The minimum Gasteiger partial charge on any atom is -0.504 e. The molecule has 1 atom stereocenters. The standard InChI is InChI=1S/C21H21ClFN3O6S/c1-11(10-12-6-4-5-7-14(12)23)24-16-17(20(29)19(16)28)25-15-9-8-13(22)21(18(15)27)33(30,31)26(2)32-3/h4-9,11,24-25,27H,10H2,1-3H3/t11-/m1/s1. The van der Waals surface area contributed by atoms with Crippen molar-refractivity contribution in [2.75, 3.05) is 24.8 Å². The molecule has 0 aliphatic carbocycles. The van der Waals surface area contributed by atoms with E-state index in [1.54, 1.807) is 25.1 Å². The van der Waals surface area contributed by atoms with Crippen LogP contribution < -0.4 is 21.5 Å². The van der Waals surface area contributed by atoms with Crippen molar-refractivity contribution in [1.82, 2.24) is 4.47 Å². The topological polar surface area (TPSA) is 125 Å². The van der Waals surface area contributed by atoms with Crippen molar-refractivity contribution in [2.45, 2.75) is 24.3 Å². The third-order valence-corrected chi connectivity index (χ3v) is 7.16. The van der Waals surface area contributed by atoms with Gasteiger partial charge in [0.1, 0.15) is 22.1 Å². The van der Waals surface area contributed by atoms with Gasteiger partial charge < -0.3 is 15.7 Å². The lowest BCUT2D eigenvalue weighted by Crippen LogP contribution is -2.39. The maximum atomic E-state index is 13.9. The zero-order valence-corrected chi connectivity index (χ0v) is 19.4. The molecule has 9 nitrogen and oxygen atoms in total. The van der Waals surface area contributed by atoms with Gasteiger partial charge in [-0.25, -0.2) is 12.8 Å². The van der Waals surface area contributed by atoms with Crippen molar-refractivity contribution in [3.8, 4) is 5.75 Å². The number of halogens is 2. The quantitative estimate of drug-likeness (QED) is 0.234. The molecule has 0 amide bonds. The molecule has 0 unspecified atom stereocenters. The molecule has 0 aromatic heterocycles. The Morgan fingerprint density at radius 2 is 1.79 bits per heavy atom. The highest BCUT2D eigenvalue weighted by Crippen LogP contribution is 2.39. The minimum atomic E-state index is -4.32. The third kappa shape index (κ3) is 4.71. The molecule has 0 saturated heterocycles. The van der Waals surface area contributed by atoms with Crippen LogP contribution in [0.1, 0.15) is 12.5 Å². The highest BCUT2D eigenvalue weighted by atomic mass is 35.5. The molecule has 0 fully saturated rings. The summed E-state index contributed by atoms with van der Waals surface area (Å²) in [5, 5.41) is 15.8. The number of rotatable bonds is 9. The van der Waals surface area contributed by atoms with Gasteiger partial charge in [0.15, 0.2) is 5.75 Å². The van der Waals surface area contributed by atoms with Gasteiger partial charge in [-0.1, -0.05) is 34.3 Å². The van der Waals surface area contributed by atoms with E-state index in [-0.39, 0.29) is 28.5 Å². The SMILES string of the molecule is CON(C)S(=O)(=O)c1c(Cl)ccc(Nc2c(N[C@H](C)Cc3ccccc3F)c(=O)c2=O)c1O. The molecular formula is C21H21ClFN3O6S. The molecule has 12 heteroatoms. The van der Waals surface area contributed by atoms with Gasteiger partial charge in [0.25, 0.3) is 20.9 Å². The number of hydrogen-bond donors (Lipinski definition) is 3. The Labute approximate surface area is 194 Å². The Morgan fingerprint density at radius 1 is 1.15 bits per heavy atom. The van der Waals surface area contributed by atoms with Gasteiger partial charge in [-0.15, -0.1) is 0 Å². The summed E-state index contributed by atoms with van der Waals surface area (Å²) in [6, 6.07) is 8.22. The summed E-state index contributed by atoms with van der Waals surface area (Å²) in [7, 11) is -2.09. The summed E-state index contributed by atoms with van der Waals surface area (Å²) in [6.45, 7) is 1.71. The first-order chi connectivity index (χ1) is 15.5. The molecule has 0 aliphatic rings. The second kappa shape index (κ2) is 9.48. The lowest BCUT2D eigenvalue weighted by molar-refractivity contribution is -0.0259. The molecule has 0 radical (unpaired) electrons. The summed E-state index contributed by atoms with van der Waals surface area (Å²) in [5.74, 6) is -1.15. The molecule has 3 N–H and O–H groups in total. The fraction of sp³-hybridized carbons (Fsp3) is 0.238. The fourth-order valence-electron chi connectivity index (χ4n) is 3.19. The predicted octanol–water partition coefficient (Wildman–Crippen LogP) is 2.75. The summed E-state index contributed by atoms with van der Waals surface area (Å²) in [4.78, 5) is 28.3. The number of benzene rings is 2. The first-order valence-electron chi connectivity index (χ1n) is 9.63. The van der Waals surface area contributed by atoms with E-state index in [1.807, 2.05) is 0 Å². The van der Waals surface area contributed by atoms with E-state index < -0.39 is 43.4 Å². The van der Waals surface area contributed by atoms with E-state index in [9.17, 15) is 27.5 Å². The van der Waals surface area contributed by atoms with Crippen LogP contribution in [0.15, 0.2) is 50.9 Å². The van der Waals surface area contributed by atoms with E-state index in [0.717, 1.165) is 14.2 Å². The molecule has 33 heavy (non-hydrogen) atoms. The van der Waals surface area contributed by atoms with Crippen molar-refractivity contribution < 1.29 is 22.8 Å². The van der Waals surface area contributed by atoms with Crippen LogP contribution in [0.4, 0.5) is 21.5 Å². The van der Waals surface area contributed by atoms with Gasteiger partial charge in [-0.2, -0.15) is 0 Å². The smallest absolute Gasteiger partial charge is 0.269 e. The van der Waals surface area contributed by atoms with Gasteiger partial charge in [0, 0.05) is 13.1 Å². The van der Waals surface area contributed by atoms with Crippen LogP contribution in [0, 0.1) is 5.82 Å². The van der Waals surface area contributed by atoms with E-state index in [1.165, 1.54) is 18.2 Å². The minimum absolute atomic E-state index is 0.0587. The maximum Gasteiger partial charge on any atom is 0.269 e. The second-order valence-electron chi connectivity index (χ2n) is 7.24. The van der Waals surface area contributed by atoms with Crippen molar-refractivity contribution in [3.05, 3.63) is 73.2 Å². The van der Waals surface area contributed by atoms with Gasteiger partial charge in [0.05, 0.1) is 17.8 Å². The van der Waals surface area contributed by atoms with Crippen molar-refractivity contribution in [3.63, 3.8) is 0 Å². The summed E-state index contributed by atoms with van der Waals surface area (Å²) < 4.78 is 39.6. The number of aromatic hydroxyl groups is 1. The summed E-state index contributed by atoms with van der Waals surface area (Å²) >= 11 is 5.99. The number of nitrogens with zero attached hydrogens (tertiary/aromatic N) is 1. The number of sulfonamides is 1. The molecular weight excluding hydrogens is 477 g/mol. The van der Waals surface area contributed by atoms with E-state index in [4.69, 9.17) is 16.4 Å². The number of nitrogens with one attached hydrogen (secondary N) is 2. The normalized spacial score (nSPS) is 12.8. The Balaban J connectivity index is 1.90. The van der Waals surface area contributed by atoms with Crippen LogP contribution in [-0.4, -0.2) is 38.2 Å². The number of hydrogen-bond acceptors (Lipinski definition) is 8. The Morgan fingerprint density at radius 3 is 2.42 bits per heavy atom. The lowest BCUT2D eigenvalue weighted by atomic mass is 10.1. The number of anilines is 3. The second-order valence-corrected chi connectivity index (χ2v) is 9.52. The number of phenolic OH excluding ortho intramolecular Hbond substituents is 1. The van der Waals surface area contributed by atoms with E-state index in [0.29, 0.717) is 10.0 Å². The average molecular weight is 498 g/mol. The molecule has 0 heterocycles. The molecule has 0 spiro atoms. The number of hydroxylamine groups is 1. The molecule has 176 valence electrons. The zero-order valence-electron chi connectivity index (χ0n) is 17.8. The Kier molecular flexibility index (Phi) is 7.08. The fourth-order valence-corrected chi connectivity index (χ4v) is 4.76. The largest absolute Gasteiger partial charge is 0.504 e. The zero-order chi connectivity index (χ0) is 24.5. The highest BCUT2D eigenvalue weighted by molar-refractivity contribution is 7.89. The average Bonchev–Trinajstić information content (AvgIpc) is 2.77. The summed E-state index contributed by atoms with van der Waals surface area (Å²) in [6.07, 6.45) is 0.239. The summed E-state index contributed by atoms with van der Waals surface area (Å²) in [5.41, 5.74) is -1.61. The van der Waals surface area contributed by atoms with Crippen molar-refractivity contribution in [2.24, 2.45) is 0 Å². The molecule has 0 bridgehead atoms. The Bertz CT molecular complexity index is 1370. The van der Waals surface area contributed by atoms with Crippen LogP contribution >= 0.6 is 11.6 Å². The third-order valence-electron chi connectivity index (χ3n) is 4.98. The monoisotopic (exact) mass is 497 g/mol. The first kappa shape index (κ1) is 24.6. The molecule has 3 rings (SSSR count). The molecule has 0 saturated carbocycles. The first-order valence-corrected chi connectivity index (χ1v) is 11.5. The van der Waals surface area contributed by atoms with Crippen LogP contribution in [0.5, 0.6) is 5.75 Å². The van der Waals surface area contributed by atoms with Crippen molar-refractivity contribution >= 4 is 38.7 Å². The Hall–Kier alpha value is -2.99. The van der Waals surface area contributed by atoms with Gasteiger partial charge >= 0.3 is 0 Å². The van der Waals surface area contributed by atoms with E-state index in [2.05, 4.69) is 10.6 Å². The van der Waals surface area contributed by atoms with Crippen LogP contribution in [0.3, 0.4) is 0 Å². The van der Waals surface area contributed by atoms with Crippen LogP contribution in [-0.2, 0) is 21.3 Å².